The van der Waals surface area contributed by atoms with E-state index in [9.17, 15) is 13.6 Å². The lowest BCUT2D eigenvalue weighted by atomic mass is 9.99. The van der Waals surface area contributed by atoms with Crippen LogP contribution in [0.4, 0.5) is 8.78 Å². The summed E-state index contributed by atoms with van der Waals surface area (Å²) in [5.74, 6) is -1.31. The molecule has 0 fully saturated rings. The number of aryl methyl sites for hydroxylation is 1. The first kappa shape index (κ1) is 13.7. The van der Waals surface area contributed by atoms with Gasteiger partial charge in [-0.2, -0.15) is 0 Å². The molecule has 2 rings (SSSR count). The number of hydrogen-bond donors (Lipinski definition) is 0. The van der Waals surface area contributed by atoms with Crippen molar-refractivity contribution < 1.29 is 13.6 Å². The third kappa shape index (κ3) is 3.18. The van der Waals surface area contributed by atoms with Crippen LogP contribution >= 0.6 is 11.6 Å². The first-order valence-corrected chi connectivity index (χ1v) is 6.08. The van der Waals surface area contributed by atoms with Crippen LogP contribution in [0.3, 0.4) is 0 Å². The topological polar surface area (TPSA) is 17.1 Å². The second-order valence-corrected chi connectivity index (χ2v) is 4.73. The van der Waals surface area contributed by atoms with Crippen molar-refractivity contribution in [2.75, 3.05) is 0 Å². The molecule has 1 nitrogen and oxygen atoms in total. The molecule has 4 heteroatoms. The van der Waals surface area contributed by atoms with E-state index in [0.29, 0.717) is 10.6 Å². The first-order chi connectivity index (χ1) is 8.97. The number of hydrogen-bond acceptors (Lipinski definition) is 1. The lowest BCUT2D eigenvalue weighted by Crippen LogP contribution is -2.07. The molecule has 0 unspecified atom stereocenters. The Kier molecular flexibility index (Phi) is 3.96. The van der Waals surface area contributed by atoms with Crippen LogP contribution < -0.4 is 0 Å². The lowest BCUT2D eigenvalue weighted by molar-refractivity contribution is 0.0991. The average molecular weight is 281 g/mol. The Morgan fingerprint density at radius 2 is 1.89 bits per heavy atom. The third-order valence-corrected chi connectivity index (χ3v) is 3.09. The minimum Gasteiger partial charge on any atom is -0.294 e. The van der Waals surface area contributed by atoms with E-state index in [-0.39, 0.29) is 23.3 Å². The summed E-state index contributed by atoms with van der Waals surface area (Å²) in [6.07, 6.45) is -0.142. The van der Waals surface area contributed by atoms with Crippen LogP contribution in [0.25, 0.3) is 0 Å². The van der Waals surface area contributed by atoms with E-state index in [1.165, 1.54) is 36.4 Å². The third-order valence-electron chi connectivity index (χ3n) is 2.86. The quantitative estimate of drug-likeness (QED) is 0.764. The molecule has 98 valence electrons. The van der Waals surface area contributed by atoms with E-state index >= 15 is 0 Å². The smallest absolute Gasteiger partial charge is 0.167 e. The van der Waals surface area contributed by atoms with Crippen molar-refractivity contribution in [2.24, 2.45) is 0 Å². The highest BCUT2D eigenvalue weighted by atomic mass is 35.5. The summed E-state index contributed by atoms with van der Waals surface area (Å²) in [5.41, 5.74) is 1.13. The summed E-state index contributed by atoms with van der Waals surface area (Å²) in [5, 5.41) is 0.361. The van der Waals surface area contributed by atoms with E-state index in [1.807, 2.05) is 0 Å². The van der Waals surface area contributed by atoms with Gasteiger partial charge in [0.2, 0.25) is 0 Å². The molecule has 0 saturated carbocycles. The minimum absolute atomic E-state index is 0.142. The molecule has 0 amide bonds. The van der Waals surface area contributed by atoms with Gasteiger partial charge in [-0.15, -0.1) is 0 Å². The maximum Gasteiger partial charge on any atom is 0.167 e. The maximum absolute atomic E-state index is 13.5. The number of rotatable bonds is 3. The van der Waals surface area contributed by atoms with Crippen molar-refractivity contribution in [1.29, 1.82) is 0 Å². The van der Waals surface area contributed by atoms with Gasteiger partial charge in [-0.3, -0.25) is 4.79 Å². The van der Waals surface area contributed by atoms with Gasteiger partial charge < -0.3 is 0 Å². The van der Waals surface area contributed by atoms with Crippen molar-refractivity contribution in [3.05, 3.63) is 69.7 Å². The van der Waals surface area contributed by atoms with Crippen LogP contribution in [0.2, 0.25) is 5.02 Å². The highest BCUT2D eigenvalue weighted by Gasteiger charge is 2.13. The second-order valence-electron chi connectivity index (χ2n) is 4.29. The Bertz CT molecular complexity index is 638. The van der Waals surface area contributed by atoms with E-state index < -0.39 is 11.6 Å². The van der Waals surface area contributed by atoms with Gasteiger partial charge in [0.1, 0.15) is 11.6 Å². The Hall–Kier alpha value is -1.74. The molecule has 0 heterocycles. The molecule has 19 heavy (non-hydrogen) atoms. The Balaban J connectivity index is 2.30. The van der Waals surface area contributed by atoms with Crippen molar-refractivity contribution in [3.8, 4) is 0 Å². The lowest BCUT2D eigenvalue weighted by Gasteiger charge is -2.06. The van der Waals surface area contributed by atoms with E-state index in [2.05, 4.69) is 0 Å². The van der Waals surface area contributed by atoms with E-state index in [0.717, 1.165) is 0 Å². The van der Waals surface area contributed by atoms with Crippen LogP contribution in [0, 0.1) is 18.6 Å². The molecule has 0 aromatic heterocycles. The molecule has 0 N–H and O–H groups in total. The average Bonchev–Trinajstić information content (AvgIpc) is 2.36. The Labute approximate surface area is 114 Å². The van der Waals surface area contributed by atoms with Gasteiger partial charge in [-0.05, 0) is 48.4 Å². The van der Waals surface area contributed by atoms with E-state index in [1.54, 1.807) is 6.92 Å². The molecule has 0 spiro atoms. The normalized spacial score (nSPS) is 10.5. The molecule has 0 saturated heterocycles. The monoisotopic (exact) mass is 280 g/mol. The Morgan fingerprint density at radius 1 is 1.16 bits per heavy atom. The molecule has 0 aliphatic rings. The summed E-state index contributed by atoms with van der Waals surface area (Å²) in [7, 11) is 0. The van der Waals surface area contributed by atoms with Gasteiger partial charge in [-0.1, -0.05) is 17.7 Å². The molecule has 0 bridgehead atoms. The number of benzene rings is 2. The molecule has 0 atom stereocenters. The fraction of sp³-hybridized carbons (Fsp3) is 0.133. The number of Topliss-reactive ketones (excluding diaryl/α,β-unsaturated/α-hetero) is 1. The van der Waals surface area contributed by atoms with Gasteiger partial charge in [-0.25, -0.2) is 8.78 Å². The van der Waals surface area contributed by atoms with Crippen molar-refractivity contribution >= 4 is 17.4 Å². The molecule has 0 aliphatic heterocycles. The predicted octanol–water partition coefficient (Wildman–Crippen LogP) is 4.35. The number of carbonyl (C=O) groups excluding carboxylic acids is 1. The first-order valence-electron chi connectivity index (χ1n) is 5.70. The number of ketones is 1. The zero-order valence-corrected chi connectivity index (χ0v) is 11.0. The van der Waals surface area contributed by atoms with Crippen LogP contribution in [0.1, 0.15) is 21.5 Å². The van der Waals surface area contributed by atoms with E-state index in [4.69, 9.17) is 11.6 Å². The fourth-order valence-electron chi connectivity index (χ4n) is 1.84. The van der Waals surface area contributed by atoms with Crippen LogP contribution in [-0.2, 0) is 6.42 Å². The number of carbonyl (C=O) groups is 1. The summed E-state index contributed by atoms with van der Waals surface area (Å²) < 4.78 is 26.7. The van der Waals surface area contributed by atoms with Gasteiger partial charge in [0.15, 0.2) is 5.78 Å². The largest absolute Gasteiger partial charge is 0.294 e. The summed E-state index contributed by atoms with van der Waals surface area (Å²) in [6, 6.07) is 8.01. The van der Waals surface area contributed by atoms with Crippen LogP contribution in [-0.4, -0.2) is 5.78 Å². The van der Waals surface area contributed by atoms with Gasteiger partial charge in [0.25, 0.3) is 0 Å². The molecule has 0 aliphatic carbocycles. The fourth-order valence-corrected chi connectivity index (χ4v) is 2.04. The highest BCUT2D eigenvalue weighted by molar-refractivity contribution is 6.30. The zero-order chi connectivity index (χ0) is 14.0. The van der Waals surface area contributed by atoms with Gasteiger partial charge >= 0.3 is 0 Å². The second kappa shape index (κ2) is 5.49. The van der Waals surface area contributed by atoms with Crippen molar-refractivity contribution in [2.45, 2.75) is 13.3 Å². The van der Waals surface area contributed by atoms with Gasteiger partial charge in [0, 0.05) is 17.0 Å². The molecular weight excluding hydrogens is 270 g/mol. The Morgan fingerprint density at radius 3 is 2.63 bits per heavy atom. The van der Waals surface area contributed by atoms with Crippen LogP contribution in [0.5, 0.6) is 0 Å². The van der Waals surface area contributed by atoms with Crippen molar-refractivity contribution in [3.63, 3.8) is 0 Å². The highest BCUT2D eigenvalue weighted by Crippen LogP contribution is 2.18. The molecule has 2 aromatic rings. The maximum atomic E-state index is 13.5. The molecular formula is C15H11ClF2O. The minimum atomic E-state index is -0.494. The SMILES string of the molecule is Cc1ccc(F)cc1C(=O)Cc1cc(Cl)ccc1F. The summed E-state index contributed by atoms with van der Waals surface area (Å²) in [6.45, 7) is 1.71. The predicted molar refractivity (Wildman–Crippen MR) is 70.6 cm³/mol. The standard InChI is InChI=1S/C15H11ClF2O/c1-9-2-4-12(17)8-13(9)15(19)7-10-6-11(16)3-5-14(10)18/h2-6,8H,7H2,1H3. The summed E-state index contributed by atoms with van der Waals surface area (Å²) >= 11 is 5.76. The summed E-state index contributed by atoms with van der Waals surface area (Å²) in [4.78, 5) is 12.1. The molecule has 0 radical (unpaired) electrons. The van der Waals surface area contributed by atoms with Crippen molar-refractivity contribution in [1.82, 2.24) is 0 Å². The van der Waals surface area contributed by atoms with Crippen LogP contribution in [0.15, 0.2) is 36.4 Å². The zero-order valence-electron chi connectivity index (χ0n) is 10.2. The number of halogens is 3. The molecule has 2 aromatic carbocycles. The van der Waals surface area contributed by atoms with Gasteiger partial charge in [0.05, 0.1) is 0 Å².